The standard InChI is InChI=1S/C20H23NO2/c1-3-15-23-19-12-7-17(8-13-19)9-14-20(22)21-18-10-5-16(4-2)6-11-18/h5-14H,3-4,15H2,1-2H3,(H,21,22). The average molecular weight is 309 g/mol. The number of nitrogens with one attached hydrogen (secondary N) is 1. The number of benzene rings is 2. The Morgan fingerprint density at radius 1 is 1.04 bits per heavy atom. The Morgan fingerprint density at radius 2 is 1.74 bits per heavy atom. The molecule has 2 aromatic carbocycles. The average Bonchev–Trinajstić information content (AvgIpc) is 2.59. The lowest BCUT2D eigenvalue weighted by atomic mass is 10.1. The molecule has 3 nitrogen and oxygen atoms in total. The third-order valence-electron chi connectivity index (χ3n) is 3.41. The molecule has 0 bridgehead atoms. The molecule has 1 amide bonds. The van der Waals surface area contributed by atoms with E-state index in [1.165, 1.54) is 11.6 Å². The molecule has 0 radical (unpaired) electrons. The van der Waals surface area contributed by atoms with Gasteiger partial charge in [0.1, 0.15) is 5.75 Å². The highest BCUT2D eigenvalue weighted by molar-refractivity contribution is 6.01. The van der Waals surface area contributed by atoms with E-state index in [-0.39, 0.29) is 5.91 Å². The molecule has 0 aromatic heterocycles. The maximum absolute atomic E-state index is 11.9. The lowest BCUT2D eigenvalue weighted by Gasteiger charge is -2.04. The fourth-order valence-corrected chi connectivity index (χ4v) is 2.07. The molecule has 0 aliphatic rings. The highest BCUT2D eigenvalue weighted by Gasteiger charge is 1.98. The number of anilines is 1. The van der Waals surface area contributed by atoms with Crippen molar-refractivity contribution in [1.29, 1.82) is 0 Å². The molecule has 0 aliphatic carbocycles. The largest absolute Gasteiger partial charge is 0.494 e. The Kier molecular flexibility index (Phi) is 6.42. The van der Waals surface area contributed by atoms with E-state index in [4.69, 9.17) is 4.74 Å². The molecule has 0 saturated heterocycles. The Hall–Kier alpha value is -2.55. The van der Waals surface area contributed by atoms with Gasteiger partial charge in [-0.3, -0.25) is 4.79 Å². The first-order valence-electron chi connectivity index (χ1n) is 8.02. The molecule has 0 saturated carbocycles. The van der Waals surface area contributed by atoms with Crippen LogP contribution >= 0.6 is 0 Å². The molecule has 0 heterocycles. The second kappa shape index (κ2) is 8.79. The zero-order chi connectivity index (χ0) is 16.5. The molecule has 0 atom stereocenters. The third-order valence-corrected chi connectivity index (χ3v) is 3.41. The van der Waals surface area contributed by atoms with Crippen molar-refractivity contribution >= 4 is 17.7 Å². The number of amides is 1. The number of hydrogen-bond donors (Lipinski definition) is 1. The van der Waals surface area contributed by atoms with Crippen LogP contribution < -0.4 is 10.1 Å². The van der Waals surface area contributed by atoms with Gasteiger partial charge in [0.15, 0.2) is 0 Å². The maximum atomic E-state index is 11.9. The highest BCUT2D eigenvalue weighted by atomic mass is 16.5. The minimum absolute atomic E-state index is 0.138. The summed E-state index contributed by atoms with van der Waals surface area (Å²) in [5.74, 6) is 0.713. The van der Waals surface area contributed by atoms with Crippen LogP contribution in [0.5, 0.6) is 5.75 Å². The topological polar surface area (TPSA) is 38.3 Å². The zero-order valence-corrected chi connectivity index (χ0v) is 13.7. The summed E-state index contributed by atoms with van der Waals surface area (Å²) in [6, 6.07) is 15.6. The second-order valence-corrected chi connectivity index (χ2v) is 5.29. The van der Waals surface area contributed by atoms with E-state index in [2.05, 4.69) is 19.2 Å². The summed E-state index contributed by atoms with van der Waals surface area (Å²) in [6.07, 6.45) is 5.31. The smallest absolute Gasteiger partial charge is 0.248 e. The third kappa shape index (κ3) is 5.62. The maximum Gasteiger partial charge on any atom is 0.248 e. The van der Waals surface area contributed by atoms with Crippen molar-refractivity contribution in [2.24, 2.45) is 0 Å². The summed E-state index contributed by atoms with van der Waals surface area (Å²) in [6.45, 7) is 4.90. The molecular weight excluding hydrogens is 286 g/mol. The Labute approximate surface area is 138 Å². The molecule has 23 heavy (non-hydrogen) atoms. The molecule has 0 unspecified atom stereocenters. The van der Waals surface area contributed by atoms with Gasteiger partial charge < -0.3 is 10.1 Å². The quantitative estimate of drug-likeness (QED) is 0.754. The van der Waals surface area contributed by atoms with Gasteiger partial charge in [-0.2, -0.15) is 0 Å². The lowest BCUT2D eigenvalue weighted by molar-refractivity contribution is -0.111. The van der Waals surface area contributed by atoms with E-state index in [1.54, 1.807) is 6.08 Å². The van der Waals surface area contributed by atoms with E-state index < -0.39 is 0 Å². The molecule has 3 heteroatoms. The summed E-state index contributed by atoms with van der Waals surface area (Å²) in [5.41, 5.74) is 3.02. The van der Waals surface area contributed by atoms with Gasteiger partial charge in [0.05, 0.1) is 6.61 Å². The molecular formula is C20H23NO2. The van der Waals surface area contributed by atoms with E-state index in [1.807, 2.05) is 48.5 Å². The van der Waals surface area contributed by atoms with Crippen LogP contribution in [0, 0.1) is 0 Å². The van der Waals surface area contributed by atoms with Crippen molar-refractivity contribution in [2.75, 3.05) is 11.9 Å². The van der Waals surface area contributed by atoms with Crippen molar-refractivity contribution < 1.29 is 9.53 Å². The van der Waals surface area contributed by atoms with Gasteiger partial charge in [-0.1, -0.05) is 38.1 Å². The first-order chi connectivity index (χ1) is 11.2. The number of aryl methyl sites for hydroxylation is 1. The molecule has 0 aliphatic heterocycles. The predicted molar refractivity (Wildman–Crippen MR) is 95.7 cm³/mol. The van der Waals surface area contributed by atoms with E-state index in [0.29, 0.717) is 6.61 Å². The van der Waals surface area contributed by atoms with Gasteiger partial charge in [-0.15, -0.1) is 0 Å². The zero-order valence-electron chi connectivity index (χ0n) is 13.7. The normalized spacial score (nSPS) is 10.7. The molecule has 2 aromatic rings. The van der Waals surface area contributed by atoms with Crippen molar-refractivity contribution in [3.63, 3.8) is 0 Å². The molecule has 0 spiro atoms. The Morgan fingerprint density at radius 3 is 2.35 bits per heavy atom. The van der Waals surface area contributed by atoms with Gasteiger partial charge in [-0.05, 0) is 54.3 Å². The molecule has 0 fully saturated rings. The SMILES string of the molecule is CCCOc1ccc(C=CC(=O)Nc2ccc(CC)cc2)cc1. The van der Waals surface area contributed by atoms with Gasteiger partial charge in [0.2, 0.25) is 5.91 Å². The van der Waals surface area contributed by atoms with Crippen molar-refractivity contribution in [2.45, 2.75) is 26.7 Å². The summed E-state index contributed by atoms with van der Waals surface area (Å²) in [5, 5.41) is 2.85. The minimum Gasteiger partial charge on any atom is -0.494 e. The van der Waals surface area contributed by atoms with Crippen LogP contribution in [0.15, 0.2) is 54.6 Å². The molecule has 1 N–H and O–H groups in total. The summed E-state index contributed by atoms with van der Waals surface area (Å²) >= 11 is 0. The summed E-state index contributed by atoms with van der Waals surface area (Å²) in [7, 11) is 0. The van der Waals surface area contributed by atoms with Gasteiger partial charge in [0, 0.05) is 11.8 Å². The predicted octanol–water partition coefficient (Wildman–Crippen LogP) is 4.69. The number of hydrogen-bond acceptors (Lipinski definition) is 2. The van der Waals surface area contributed by atoms with Crippen molar-refractivity contribution in [1.82, 2.24) is 0 Å². The fraction of sp³-hybridized carbons (Fsp3) is 0.250. The molecule has 2 rings (SSSR count). The van der Waals surface area contributed by atoms with Crippen molar-refractivity contribution in [3.8, 4) is 5.75 Å². The monoisotopic (exact) mass is 309 g/mol. The number of carbonyl (C=O) groups is 1. The van der Waals surface area contributed by atoms with Gasteiger partial charge in [0.25, 0.3) is 0 Å². The first kappa shape index (κ1) is 16.8. The van der Waals surface area contributed by atoms with Crippen LogP contribution in [0.2, 0.25) is 0 Å². The highest BCUT2D eigenvalue weighted by Crippen LogP contribution is 2.14. The Balaban J connectivity index is 1.89. The minimum atomic E-state index is -0.138. The second-order valence-electron chi connectivity index (χ2n) is 5.29. The fourth-order valence-electron chi connectivity index (χ4n) is 2.07. The van der Waals surface area contributed by atoms with Crippen LogP contribution in [0.3, 0.4) is 0 Å². The van der Waals surface area contributed by atoms with Gasteiger partial charge in [-0.25, -0.2) is 0 Å². The number of ether oxygens (including phenoxy) is 1. The van der Waals surface area contributed by atoms with Crippen LogP contribution in [-0.2, 0) is 11.2 Å². The van der Waals surface area contributed by atoms with E-state index in [9.17, 15) is 4.79 Å². The summed E-state index contributed by atoms with van der Waals surface area (Å²) in [4.78, 5) is 11.9. The van der Waals surface area contributed by atoms with Gasteiger partial charge >= 0.3 is 0 Å². The van der Waals surface area contributed by atoms with Crippen LogP contribution in [0.1, 0.15) is 31.4 Å². The van der Waals surface area contributed by atoms with Crippen LogP contribution in [0.25, 0.3) is 6.08 Å². The van der Waals surface area contributed by atoms with Crippen molar-refractivity contribution in [3.05, 3.63) is 65.7 Å². The van der Waals surface area contributed by atoms with Crippen LogP contribution in [-0.4, -0.2) is 12.5 Å². The van der Waals surface area contributed by atoms with E-state index >= 15 is 0 Å². The van der Waals surface area contributed by atoms with E-state index in [0.717, 1.165) is 29.8 Å². The van der Waals surface area contributed by atoms with Crippen LogP contribution in [0.4, 0.5) is 5.69 Å². The molecule has 120 valence electrons. The Bertz CT molecular complexity index is 642. The number of rotatable bonds is 7. The first-order valence-corrected chi connectivity index (χ1v) is 8.02. The summed E-state index contributed by atoms with van der Waals surface area (Å²) < 4.78 is 5.53. The number of carbonyl (C=O) groups excluding carboxylic acids is 1. The lowest BCUT2D eigenvalue weighted by Crippen LogP contribution is -2.07.